The number of rotatable bonds is 1. The number of ether oxygens (including phenoxy) is 1. The van der Waals surface area contributed by atoms with Gasteiger partial charge in [-0.2, -0.15) is 0 Å². The molecule has 0 saturated carbocycles. The van der Waals surface area contributed by atoms with E-state index in [-0.39, 0.29) is 0 Å². The van der Waals surface area contributed by atoms with Crippen molar-refractivity contribution in [1.29, 1.82) is 0 Å². The van der Waals surface area contributed by atoms with Crippen LogP contribution in [0.4, 0.5) is 0 Å². The van der Waals surface area contributed by atoms with Gasteiger partial charge >= 0.3 is 0 Å². The summed E-state index contributed by atoms with van der Waals surface area (Å²) in [6.45, 7) is 1.76. The molecular formula is C10H13NO2. The third-order valence-corrected chi connectivity index (χ3v) is 2.40. The van der Waals surface area contributed by atoms with Gasteiger partial charge in [0.05, 0.1) is 7.11 Å². The van der Waals surface area contributed by atoms with Crippen LogP contribution < -0.4 is 10.1 Å². The minimum absolute atomic E-state index is 0.357. The molecule has 0 aromatic heterocycles. The smallest absolute Gasteiger partial charge is 0.122 e. The molecule has 1 aliphatic heterocycles. The quantitative estimate of drug-likeness (QED) is 0.677. The number of hydrogen-bond acceptors (Lipinski definition) is 3. The Balaban J connectivity index is 2.47. The van der Waals surface area contributed by atoms with Crippen molar-refractivity contribution in [3.8, 4) is 11.5 Å². The van der Waals surface area contributed by atoms with Crippen LogP contribution in [0.2, 0.25) is 0 Å². The minimum Gasteiger partial charge on any atom is -0.508 e. The van der Waals surface area contributed by atoms with Gasteiger partial charge in [-0.3, -0.25) is 0 Å². The Kier molecular flexibility index (Phi) is 2.10. The lowest BCUT2D eigenvalue weighted by Gasteiger charge is -2.18. The zero-order chi connectivity index (χ0) is 9.26. The summed E-state index contributed by atoms with van der Waals surface area (Å²) in [5.74, 6) is 1.08. The summed E-state index contributed by atoms with van der Waals surface area (Å²) in [6, 6.07) is 3.64. The molecule has 0 amide bonds. The number of aromatic hydroxyl groups is 1. The summed E-state index contributed by atoms with van der Waals surface area (Å²) >= 11 is 0. The average Bonchev–Trinajstić information content (AvgIpc) is 2.18. The Labute approximate surface area is 77.3 Å². The molecule has 0 spiro atoms. The van der Waals surface area contributed by atoms with Crippen molar-refractivity contribution in [3.63, 3.8) is 0 Å². The van der Waals surface area contributed by atoms with Crippen LogP contribution in [0.5, 0.6) is 11.5 Å². The molecule has 1 aromatic carbocycles. The molecule has 13 heavy (non-hydrogen) atoms. The Morgan fingerprint density at radius 3 is 3.08 bits per heavy atom. The summed E-state index contributed by atoms with van der Waals surface area (Å²) in [6.07, 6.45) is 0.894. The Hall–Kier alpha value is -1.22. The van der Waals surface area contributed by atoms with Crippen molar-refractivity contribution < 1.29 is 9.84 Å². The lowest BCUT2D eigenvalue weighted by atomic mass is 10.00. The van der Waals surface area contributed by atoms with Gasteiger partial charge in [0.25, 0.3) is 0 Å². The normalized spacial score (nSPS) is 15.2. The van der Waals surface area contributed by atoms with Crippen molar-refractivity contribution in [2.45, 2.75) is 13.0 Å². The van der Waals surface area contributed by atoms with Gasteiger partial charge in [0.15, 0.2) is 0 Å². The number of phenols is 1. The van der Waals surface area contributed by atoms with E-state index in [1.54, 1.807) is 13.2 Å². The topological polar surface area (TPSA) is 41.5 Å². The molecule has 2 N–H and O–H groups in total. The lowest BCUT2D eigenvalue weighted by Crippen LogP contribution is -2.23. The molecule has 0 fully saturated rings. The minimum atomic E-state index is 0.357. The van der Waals surface area contributed by atoms with Crippen LogP contribution in [0.15, 0.2) is 12.1 Å². The molecule has 1 aromatic rings. The van der Waals surface area contributed by atoms with Crippen molar-refractivity contribution in [2.75, 3.05) is 13.7 Å². The van der Waals surface area contributed by atoms with Gasteiger partial charge in [0.2, 0.25) is 0 Å². The lowest BCUT2D eigenvalue weighted by molar-refractivity contribution is 0.403. The van der Waals surface area contributed by atoms with E-state index in [0.29, 0.717) is 5.75 Å². The van der Waals surface area contributed by atoms with Crippen LogP contribution in [-0.4, -0.2) is 18.8 Å². The van der Waals surface area contributed by atoms with Crippen LogP contribution in [0, 0.1) is 0 Å². The Bertz CT molecular complexity index is 323. The summed E-state index contributed by atoms with van der Waals surface area (Å²) in [5, 5.41) is 12.9. The fraction of sp³-hybridized carbons (Fsp3) is 0.400. The molecule has 3 heteroatoms. The Morgan fingerprint density at radius 1 is 1.46 bits per heavy atom. The molecule has 1 heterocycles. The van der Waals surface area contributed by atoms with E-state index in [1.165, 1.54) is 0 Å². The van der Waals surface area contributed by atoms with Gasteiger partial charge in [-0.1, -0.05) is 0 Å². The summed E-state index contributed by atoms with van der Waals surface area (Å²) < 4.78 is 5.07. The van der Waals surface area contributed by atoms with Crippen molar-refractivity contribution in [3.05, 3.63) is 23.3 Å². The van der Waals surface area contributed by atoms with E-state index in [9.17, 15) is 5.11 Å². The maximum Gasteiger partial charge on any atom is 0.122 e. The number of methoxy groups -OCH3 is 1. The van der Waals surface area contributed by atoms with Crippen molar-refractivity contribution in [2.24, 2.45) is 0 Å². The molecule has 0 radical (unpaired) electrons. The number of hydrogen-bond donors (Lipinski definition) is 2. The zero-order valence-electron chi connectivity index (χ0n) is 7.63. The highest BCUT2D eigenvalue weighted by atomic mass is 16.5. The van der Waals surface area contributed by atoms with Gasteiger partial charge in [-0.05, 0) is 30.2 Å². The van der Waals surface area contributed by atoms with Crippen LogP contribution in [0.3, 0.4) is 0 Å². The molecule has 1 aliphatic rings. The fourth-order valence-electron chi connectivity index (χ4n) is 1.69. The van der Waals surface area contributed by atoms with E-state index in [4.69, 9.17) is 4.74 Å². The van der Waals surface area contributed by atoms with Gasteiger partial charge in [0, 0.05) is 12.6 Å². The molecule has 0 unspecified atom stereocenters. The van der Waals surface area contributed by atoms with Crippen molar-refractivity contribution >= 4 is 0 Å². The number of phenolic OH excluding ortho intramolecular Hbond substituents is 1. The average molecular weight is 179 g/mol. The van der Waals surface area contributed by atoms with Gasteiger partial charge < -0.3 is 15.2 Å². The SMILES string of the molecule is COc1cc(O)c2c(c1)CNCC2. The van der Waals surface area contributed by atoms with E-state index < -0.39 is 0 Å². The summed E-state index contributed by atoms with van der Waals surface area (Å²) in [5.41, 5.74) is 2.20. The third-order valence-electron chi connectivity index (χ3n) is 2.40. The second-order valence-corrected chi connectivity index (χ2v) is 3.21. The van der Waals surface area contributed by atoms with Crippen LogP contribution in [0.25, 0.3) is 0 Å². The first-order valence-corrected chi connectivity index (χ1v) is 4.40. The molecule has 0 saturated heterocycles. The molecule has 3 nitrogen and oxygen atoms in total. The fourth-order valence-corrected chi connectivity index (χ4v) is 1.69. The van der Waals surface area contributed by atoms with Crippen molar-refractivity contribution in [1.82, 2.24) is 5.32 Å². The summed E-state index contributed by atoms with van der Waals surface area (Å²) in [4.78, 5) is 0. The van der Waals surface area contributed by atoms with Gasteiger partial charge in [0.1, 0.15) is 11.5 Å². The first kappa shape index (κ1) is 8.38. The third kappa shape index (κ3) is 1.47. The number of benzene rings is 1. The molecule has 70 valence electrons. The maximum absolute atomic E-state index is 9.66. The summed E-state index contributed by atoms with van der Waals surface area (Å²) in [7, 11) is 1.61. The monoisotopic (exact) mass is 179 g/mol. The maximum atomic E-state index is 9.66. The van der Waals surface area contributed by atoms with Crippen LogP contribution in [-0.2, 0) is 13.0 Å². The van der Waals surface area contributed by atoms with E-state index in [2.05, 4.69) is 5.32 Å². The van der Waals surface area contributed by atoms with E-state index >= 15 is 0 Å². The standard InChI is InChI=1S/C10H13NO2/c1-13-8-4-7-6-11-3-2-9(7)10(12)5-8/h4-5,11-12H,2-3,6H2,1H3. The highest BCUT2D eigenvalue weighted by Gasteiger charge is 2.13. The highest BCUT2D eigenvalue weighted by Crippen LogP contribution is 2.29. The molecule has 2 rings (SSSR count). The second kappa shape index (κ2) is 3.26. The number of fused-ring (bicyclic) bond motifs is 1. The molecule has 0 atom stereocenters. The zero-order valence-corrected chi connectivity index (χ0v) is 7.63. The van der Waals surface area contributed by atoms with Crippen LogP contribution in [0.1, 0.15) is 11.1 Å². The van der Waals surface area contributed by atoms with E-state index in [1.807, 2.05) is 6.07 Å². The largest absolute Gasteiger partial charge is 0.508 e. The molecular weight excluding hydrogens is 166 g/mol. The predicted molar refractivity (Wildman–Crippen MR) is 50.1 cm³/mol. The first-order chi connectivity index (χ1) is 6.31. The molecule has 0 aliphatic carbocycles. The van der Waals surface area contributed by atoms with Gasteiger partial charge in [-0.25, -0.2) is 0 Å². The molecule has 0 bridgehead atoms. The van der Waals surface area contributed by atoms with E-state index in [0.717, 1.165) is 36.4 Å². The number of nitrogens with one attached hydrogen (secondary N) is 1. The van der Waals surface area contributed by atoms with Gasteiger partial charge in [-0.15, -0.1) is 0 Å². The highest BCUT2D eigenvalue weighted by molar-refractivity contribution is 5.46. The Morgan fingerprint density at radius 2 is 2.31 bits per heavy atom. The second-order valence-electron chi connectivity index (χ2n) is 3.21. The van der Waals surface area contributed by atoms with Crippen LogP contribution >= 0.6 is 0 Å². The predicted octanol–water partition coefficient (Wildman–Crippen LogP) is 1.05. The first-order valence-electron chi connectivity index (χ1n) is 4.40.